The number of hydrogen-bond acceptors (Lipinski definition) is 6. The van der Waals surface area contributed by atoms with E-state index in [4.69, 9.17) is 14.2 Å². The summed E-state index contributed by atoms with van der Waals surface area (Å²) in [5.41, 5.74) is 0. The van der Waals surface area contributed by atoms with Crippen molar-refractivity contribution in [2.75, 3.05) is 13.2 Å². The van der Waals surface area contributed by atoms with Gasteiger partial charge in [-0.1, -0.05) is 251 Å². The van der Waals surface area contributed by atoms with Gasteiger partial charge in [0.05, 0.1) is 0 Å². The summed E-state index contributed by atoms with van der Waals surface area (Å²) in [6.07, 6.45) is 83.4. The predicted molar refractivity (Wildman–Crippen MR) is 316 cm³/mol. The minimum absolute atomic E-state index is 0.108. The molecule has 0 fully saturated rings. The molecule has 0 aromatic heterocycles. The molecule has 0 heterocycles. The molecule has 0 aromatic rings. The monoisotopic (exact) mass is 1010 g/mol. The molecule has 0 bridgehead atoms. The van der Waals surface area contributed by atoms with Crippen LogP contribution < -0.4 is 0 Å². The van der Waals surface area contributed by atoms with E-state index in [0.717, 1.165) is 103 Å². The highest BCUT2D eigenvalue weighted by Gasteiger charge is 2.19. The van der Waals surface area contributed by atoms with E-state index >= 15 is 0 Å². The predicted octanol–water partition coefficient (Wildman–Crippen LogP) is 20.4. The number of carbonyl (C=O) groups is 3. The SMILES string of the molecule is CC/C=C\C/C=C\C/C=C\C/C=C\C/C=C\C/C=C\CCC(=O)OCC(COC(=O)CCCCCCCCC/C=C\CCCCCCCC)OC(=O)CCCCCCCCCCC/C=C\C/C=C\C/C=C\CC. The molecule has 0 spiro atoms. The summed E-state index contributed by atoms with van der Waals surface area (Å²) < 4.78 is 16.8. The quantitative estimate of drug-likeness (QED) is 0.0261. The number of unbranched alkanes of at least 4 members (excludes halogenated alkanes) is 22. The zero-order valence-electron chi connectivity index (χ0n) is 47.4. The summed E-state index contributed by atoms with van der Waals surface area (Å²) in [7, 11) is 0. The van der Waals surface area contributed by atoms with Crippen molar-refractivity contribution in [3.63, 3.8) is 0 Å². The standard InChI is InChI=1S/C67H110O6/c1-4-7-10-13-16-19-22-25-28-31-33-36-39-42-45-48-51-54-57-60-66(69)72-63-64(62-71-65(68)59-56-53-50-47-44-41-38-35-30-27-24-21-18-15-12-9-6-3)73-67(70)61-58-55-52-49-46-43-40-37-34-32-29-26-23-20-17-14-11-8-5-2/h7-8,10-11,16-17,19-20,25-30,33,36,42,45,51,54,64H,4-6,9,12-15,18,21-24,31-32,34-35,37-41,43-44,46-50,52-53,55-63H2,1-3H3/b10-7-,11-8-,19-16-,20-17-,28-25-,29-26-,30-27-,36-33-,45-42-,54-51-. The van der Waals surface area contributed by atoms with Crippen LogP contribution in [0.4, 0.5) is 0 Å². The van der Waals surface area contributed by atoms with Crippen LogP contribution in [-0.4, -0.2) is 37.2 Å². The zero-order valence-corrected chi connectivity index (χ0v) is 47.4. The molecular weight excluding hydrogens is 901 g/mol. The van der Waals surface area contributed by atoms with Gasteiger partial charge in [0.1, 0.15) is 13.2 Å². The first-order valence-electron chi connectivity index (χ1n) is 30.0. The number of allylic oxidation sites excluding steroid dienone is 20. The smallest absolute Gasteiger partial charge is 0.306 e. The van der Waals surface area contributed by atoms with Gasteiger partial charge in [-0.25, -0.2) is 0 Å². The van der Waals surface area contributed by atoms with Crippen LogP contribution in [0.5, 0.6) is 0 Å². The van der Waals surface area contributed by atoms with Crippen LogP contribution in [-0.2, 0) is 28.6 Å². The van der Waals surface area contributed by atoms with Gasteiger partial charge < -0.3 is 14.2 Å². The lowest BCUT2D eigenvalue weighted by Crippen LogP contribution is -2.30. The van der Waals surface area contributed by atoms with Crippen molar-refractivity contribution in [3.05, 3.63) is 122 Å². The van der Waals surface area contributed by atoms with Gasteiger partial charge in [0.25, 0.3) is 0 Å². The van der Waals surface area contributed by atoms with Crippen LogP contribution in [0.25, 0.3) is 0 Å². The third-order valence-electron chi connectivity index (χ3n) is 12.4. The van der Waals surface area contributed by atoms with E-state index in [1.165, 1.54) is 116 Å². The first-order chi connectivity index (χ1) is 36.0. The second-order valence-electron chi connectivity index (χ2n) is 19.5. The highest BCUT2D eigenvalue weighted by atomic mass is 16.6. The Hall–Kier alpha value is -4.19. The molecule has 0 aromatic carbocycles. The maximum absolute atomic E-state index is 12.9. The lowest BCUT2D eigenvalue weighted by atomic mass is 10.1. The van der Waals surface area contributed by atoms with Gasteiger partial charge >= 0.3 is 17.9 Å². The van der Waals surface area contributed by atoms with Gasteiger partial charge in [0.2, 0.25) is 0 Å². The lowest BCUT2D eigenvalue weighted by molar-refractivity contribution is -0.166. The fourth-order valence-electron chi connectivity index (χ4n) is 8.01. The summed E-state index contributed by atoms with van der Waals surface area (Å²) in [5.74, 6) is -1.00. The molecule has 1 unspecified atom stereocenters. The molecule has 1 atom stereocenters. The second kappa shape index (κ2) is 60.4. The Kier molecular flexibility index (Phi) is 56.9. The summed E-state index contributed by atoms with van der Waals surface area (Å²) >= 11 is 0. The highest BCUT2D eigenvalue weighted by molar-refractivity contribution is 5.71. The molecule has 0 amide bonds. The molecule has 0 radical (unpaired) electrons. The molecule has 414 valence electrons. The number of esters is 3. The van der Waals surface area contributed by atoms with E-state index in [9.17, 15) is 14.4 Å². The van der Waals surface area contributed by atoms with Gasteiger partial charge in [0, 0.05) is 19.3 Å². The van der Waals surface area contributed by atoms with Crippen LogP contribution in [0.2, 0.25) is 0 Å². The van der Waals surface area contributed by atoms with E-state index in [0.29, 0.717) is 19.3 Å². The topological polar surface area (TPSA) is 78.9 Å². The van der Waals surface area contributed by atoms with Crippen molar-refractivity contribution in [1.29, 1.82) is 0 Å². The Morgan fingerprint density at radius 1 is 0.288 bits per heavy atom. The van der Waals surface area contributed by atoms with E-state index in [1.807, 2.05) is 6.08 Å². The molecule has 0 saturated carbocycles. The van der Waals surface area contributed by atoms with Crippen LogP contribution in [0.1, 0.15) is 265 Å². The molecule has 0 rings (SSSR count). The fraction of sp³-hybridized carbons (Fsp3) is 0.657. The first kappa shape index (κ1) is 68.8. The Morgan fingerprint density at radius 3 is 0.932 bits per heavy atom. The normalized spacial score (nSPS) is 13.0. The second-order valence-corrected chi connectivity index (χ2v) is 19.5. The molecule has 0 N–H and O–H groups in total. The lowest BCUT2D eigenvalue weighted by Gasteiger charge is -2.18. The van der Waals surface area contributed by atoms with Gasteiger partial charge in [-0.3, -0.25) is 14.4 Å². The minimum Gasteiger partial charge on any atom is -0.462 e. The Morgan fingerprint density at radius 2 is 0.562 bits per heavy atom. The molecule has 73 heavy (non-hydrogen) atoms. The summed E-state index contributed by atoms with van der Waals surface area (Å²) in [5, 5.41) is 0. The van der Waals surface area contributed by atoms with E-state index in [-0.39, 0.29) is 37.5 Å². The molecule has 6 nitrogen and oxygen atoms in total. The minimum atomic E-state index is -0.818. The van der Waals surface area contributed by atoms with Crippen LogP contribution in [0, 0.1) is 0 Å². The summed E-state index contributed by atoms with van der Waals surface area (Å²) in [4.78, 5) is 38.2. The summed E-state index contributed by atoms with van der Waals surface area (Å²) in [6.45, 7) is 6.35. The van der Waals surface area contributed by atoms with Crippen molar-refractivity contribution < 1.29 is 28.6 Å². The van der Waals surface area contributed by atoms with Crippen molar-refractivity contribution in [2.24, 2.45) is 0 Å². The Labute approximate surface area is 450 Å². The van der Waals surface area contributed by atoms with Crippen LogP contribution in [0.3, 0.4) is 0 Å². The molecule has 0 aliphatic heterocycles. The first-order valence-corrected chi connectivity index (χ1v) is 30.0. The zero-order chi connectivity index (χ0) is 52.9. The molecule has 6 heteroatoms. The maximum atomic E-state index is 12.9. The average Bonchev–Trinajstić information content (AvgIpc) is 3.39. The maximum Gasteiger partial charge on any atom is 0.306 e. The van der Waals surface area contributed by atoms with Gasteiger partial charge in [0.15, 0.2) is 6.10 Å². The number of carbonyl (C=O) groups excluding carboxylic acids is 3. The van der Waals surface area contributed by atoms with Crippen molar-refractivity contribution in [1.82, 2.24) is 0 Å². The van der Waals surface area contributed by atoms with Gasteiger partial charge in [-0.15, -0.1) is 0 Å². The summed E-state index contributed by atoms with van der Waals surface area (Å²) in [6, 6.07) is 0. The highest BCUT2D eigenvalue weighted by Crippen LogP contribution is 2.15. The molecule has 0 aliphatic rings. The number of ether oxygens (including phenoxy) is 3. The number of rotatable bonds is 53. The molecule has 0 aliphatic carbocycles. The van der Waals surface area contributed by atoms with E-state index in [2.05, 4.69) is 136 Å². The Balaban J connectivity index is 4.52. The average molecular weight is 1010 g/mol. The number of hydrogen-bond donors (Lipinski definition) is 0. The Bertz CT molecular complexity index is 1540. The van der Waals surface area contributed by atoms with Crippen molar-refractivity contribution in [2.45, 2.75) is 271 Å². The fourth-order valence-corrected chi connectivity index (χ4v) is 8.01. The van der Waals surface area contributed by atoms with E-state index < -0.39 is 6.10 Å². The third kappa shape index (κ3) is 58.6. The van der Waals surface area contributed by atoms with E-state index in [1.54, 1.807) is 0 Å². The van der Waals surface area contributed by atoms with Crippen molar-refractivity contribution >= 4 is 17.9 Å². The van der Waals surface area contributed by atoms with Crippen LogP contribution >= 0.6 is 0 Å². The third-order valence-corrected chi connectivity index (χ3v) is 12.4. The largest absolute Gasteiger partial charge is 0.462 e. The molecule has 0 saturated heterocycles. The van der Waals surface area contributed by atoms with Gasteiger partial charge in [-0.2, -0.15) is 0 Å². The molecular formula is C67H110O6. The van der Waals surface area contributed by atoms with Crippen LogP contribution in [0.15, 0.2) is 122 Å². The van der Waals surface area contributed by atoms with Gasteiger partial charge in [-0.05, 0) is 116 Å². The van der Waals surface area contributed by atoms with Crippen molar-refractivity contribution in [3.8, 4) is 0 Å².